The van der Waals surface area contributed by atoms with Gasteiger partial charge in [0.25, 0.3) is 5.91 Å². The number of methoxy groups -OCH3 is 1. The van der Waals surface area contributed by atoms with Gasteiger partial charge in [0, 0.05) is 61.6 Å². The number of hydrogen-bond acceptors (Lipinski definition) is 10. The van der Waals surface area contributed by atoms with Crippen LogP contribution >= 0.6 is 0 Å². The summed E-state index contributed by atoms with van der Waals surface area (Å²) in [6.45, 7) is 13.9. The van der Waals surface area contributed by atoms with Crippen LogP contribution in [-0.2, 0) is 33.8 Å². The molecule has 1 aliphatic carbocycles. The van der Waals surface area contributed by atoms with Crippen molar-refractivity contribution in [2.45, 2.75) is 111 Å². The van der Waals surface area contributed by atoms with Crippen LogP contribution in [0.4, 0.5) is 10.5 Å². The zero-order valence-electron chi connectivity index (χ0n) is 43.5. The first-order valence-corrected chi connectivity index (χ1v) is 25.2. The zero-order valence-corrected chi connectivity index (χ0v) is 43.5. The molecule has 1 saturated carbocycles. The second kappa shape index (κ2) is 24.6. The average Bonchev–Trinajstić information content (AvgIpc) is 3.71. The summed E-state index contributed by atoms with van der Waals surface area (Å²) in [6.07, 6.45) is 1.85. The molecule has 1 aliphatic heterocycles. The van der Waals surface area contributed by atoms with Crippen molar-refractivity contribution in [3.63, 3.8) is 0 Å². The van der Waals surface area contributed by atoms with E-state index >= 15 is 0 Å². The molecule has 6 rings (SSSR count). The minimum absolute atomic E-state index is 0.0960. The van der Waals surface area contributed by atoms with Gasteiger partial charge in [-0.15, -0.1) is 0 Å². The Morgan fingerprint density at radius 3 is 2.23 bits per heavy atom. The van der Waals surface area contributed by atoms with E-state index in [1.165, 1.54) is 5.56 Å². The molecule has 0 bridgehead atoms. The minimum atomic E-state index is -0.940. The highest BCUT2D eigenvalue weighted by atomic mass is 16.7. The Balaban J connectivity index is 1.27. The first kappa shape index (κ1) is 53.9. The number of aliphatic hydroxyl groups is 1. The number of para-hydroxylation sites is 1. The number of nitrogens with zero attached hydrogens (tertiary/aromatic N) is 3. The number of ether oxygens (including phenoxy) is 2. The fourth-order valence-electron chi connectivity index (χ4n) is 10.5. The first-order chi connectivity index (χ1) is 33.4. The molecular formula is C57H80N6O7. The first-order valence-electron chi connectivity index (χ1n) is 25.2. The molecular weight excluding hydrogens is 881 g/mol. The van der Waals surface area contributed by atoms with Crippen molar-refractivity contribution in [1.82, 2.24) is 25.9 Å². The van der Waals surface area contributed by atoms with Crippen LogP contribution in [0.15, 0.2) is 97.1 Å². The molecule has 1 heterocycles. The van der Waals surface area contributed by atoms with Crippen LogP contribution in [0.2, 0.25) is 0 Å². The quantitative estimate of drug-likeness (QED) is 0.0602. The number of alkyl carbamates (subject to hydrolysis) is 1. The molecule has 0 radical (unpaired) electrons. The normalized spacial score (nSPS) is 23.0. The van der Waals surface area contributed by atoms with Gasteiger partial charge in [-0.3, -0.25) is 14.4 Å². The molecule has 3 amide bonds. The van der Waals surface area contributed by atoms with Crippen molar-refractivity contribution in [2.75, 3.05) is 59.9 Å². The minimum Gasteiger partial charge on any atom is -0.496 e. The van der Waals surface area contributed by atoms with Crippen LogP contribution in [0.25, 0.3) is 11.1 Å². The highest BCUT2D eigenvalue weighted by Gasteiger charge is 2.52. The van der Waals surface area contributed by atoms with Crippen LogP contribution in [0.5, 0.6) is 5.75 Å². The van der Waals surface area contributed by atoms with Crippen molar-refractivity contribution >= 4 is 23.6 Å². The van der Waals surface area contributed by atoms with E-state index in [9.17, 15) is 19.5 Å². The van der Waals surface area contributed by atoms with E-state index in [-0.39, 0.29) is 41.8 Å². The number of likely N-dealkylation sites (N-methyl/N-ethyl adjacent to an activating group) is 1. The Bertz CT molecular complexity index is 2330. The van der Waals surface area contributed by atoms with Crippen LogP contribution < -0.4 is 25.6 Å². The maximum Gasteiger partial charge on any atom is 0.407 e. The summed E-state index contributed by atoms with van der Waals surface area (Å²) in [7, 11) is 9.51. The summed E-state index contributed by atoms with van der Waals surface area (Å²) < 4.78 is 12.2. The number of aliphatic hydroxyl groups excluding tert-OH is 1. The number of anilines is 1. The van der Waals surface area contributed by atoms with Crippen LogP contribution in [0.3, 0.4) is 0 Å². The smallest absolute Gasteiger partial charge is 0.407 e. The number of carbonyl (C=O) groups is 3. The van der Waals surface area contributed by atoms with Crippen LogP contribution in [0, 0.1) is 29.1 Å². The maximum absolute atomic E-state index is 15.0. The number of hydroxylamine groups is 2. The van der Waals surface area contributed by atoms with Gasteiger partial charge in [-0.1, -0.05) is 113 Å². The van der Waals surface area contributed by atoms with Gasteiger partial charge in [0.15, 0.2) is 0 Å². The molecule has 0 spiro atoms. The van der Waals surface area contributed by atoms with Gasteiger partial charge in [-0.05, 0) is 111 Å². The Morgan fingerprint density at radius 1 is 0.900 bits per heavy atom. The van der Waals surface area contributed by atoms with E-state index in [4.69, 9.17) is 14.3 Å². The molecule has 1 saturated heterocycles. The Labute approximate surface area is 417 Å². The third-order valence-corrected chi connectivity index (χ3v) is 15.3. The number of carbonyl (C=O) groups excluding carboxylic acids is 3. The largest absolute Gasteiger partial charge is 0.496 e. The molecule has 4 aromatic rings. The van der Waals surface area contributed by atoms with Crippen molar-refractivity contribution in [3.05, 3.63) is 119 Å². The lowest BCUT2D eigenvalue weighted by Crippen LogP contribution is -2.57. The van der Waals surface area contributed by atoms with Gasteiger partial charge in [0.1, 0.15) is 24.0 Å². The van der Waals surface area contributed by atoms with E-state index in [0.717, 1.165) is 53.6 Å². The third kappa shape index (κ3) is 13.5. The fraction of sp³-hybridized carbons (Fsp3) is 0.526. The van der Waals surface area contributed by atoms with E-state index < -0.39 is 36.9 Å². The van der Waals surface area contributed by atoms with Crippen LogP contribution in [-0.4, -0.2) is 118 Å². The lowest BCUT2D eigenvalue weighted by molar-refractivity contribution is -0.182. The third-order valence-electron chi connectivity index (χ3n) is 15.3. The molecule has 9 atom stereocenters. The fourth-order valence-corrected chi connectivity index (χ4v) is 10.5. The van der Waals surface area contributed by atoms with Gasteiger partial charge < -0.3 is 40.3 Å². The molecule has 380 valence electrons. The molecule has 4 N–H and O–H groups in total. The van der Waals surface area contributed by atoms with E-state index in [1.807, 2.05) is 106 Å². The zero-order chi connectivity index (χ0) is 50.7. The predicted molar refractivity (Wildman–Crippen MR) is 279 cm³/mol. The molecule has 13 nitrogen and oxygen atoms in total. The summed E-state index contributed by atoms with van der Waals surface area (Å²) in [5.74, 6) is 0.295. The summed E-state index contributed by atoms with van der Waals surface area (Å²) in [5.41, 5.74) is 6.08. The summed E-state index contributed by atoms with van der Waals surface area (Å²) in [5, 5.41) is 22.2. The van der Waals surface area contributed by atoms with E-state index in [1.54, 1.807) is 19.1 Å². The van der Waals surface area contributed by atoms with Crippen molar-refractivity contribution in [3.8, 4) is 16.9 Å². The molecule has 2 unspecified atom stereocenters. The Morgan fingerprint density at radius 2 is 1.59 bits per heavy atom. The lowest BCUT2D eigenvalue weighted by atomic mass is 9.58. The van der Waals surface area contributed by atoms with Crippen molar-refractivity contribution in [1.29, 1.82) is 0 Å². The van der Waals surface area contributed by atoms with Crippen molar-refractivity contribution in [2.24, 2.45) is 29.1 Å². The molecule has 2 fully saturated rings. The molecule has 70 heavy (non-hydrogen) atoms. The molecule has 2 aliphatic rings. The van der Waals surface area contributed by atoms with Gasteiger partial charge in [-0.2, -0.15) is 5.06 Å². The number of nitrogens with one attached hydrogen (secondary N) is 3. The highest BCUT2D eigenvalue weighted by molar-refractivity contribution is 5.97. The number of unbranched alkanes of at least 4 members (excludes halogenated alkanes) is 1. The number of benzene rings is 4. The van der Waals surface area contributed by atoms with E-state index in [2.05, 4.69) is 79.7 Å². The molecule has 13 heteroatoms. The Hall–Kier alpha value is -5.47. The number of amides is 3. The van der Waals surface area contributed by atoms with Gasteiger partial charge in [-0.25, -0.2) is 4.79 Å². The summed E-state index contributed by atoms with van der Waals surface area (Å²) in [4.78, 5) is 53.1. The standard InChI is InChI=1S/C57H80N6O7/c1-37-29-49(38(2)39(3)57(37,5)6)60-55(66)52-51(40(4)69-56(67)58-28-19-18-23-41-21-14-12-15-22-41)50(36-64)70-63(52)34-43-26-20-27-48(53(43)68-11)44-31-45(33-47(32-44)62(9)10)54(65)59-46(35-61(7)8)30-42-24-16-13-17-25-42/h12-17,20-22,24-27,31-33,37-40,46,49-52,64H,18-19,23,28-30,34-36H2,1-11H3,(H,58,67)(H,59,65)(H,60,66)/t37-,38+,39+,40?,46+,49+,50+,51?,52+/m1/s1. The topological polar surface area (TPSA) is 145 Å². The average molecular weight is 961 g/mol. The van der Waals surface area contributed by atoms with Gasteiger partial charge in [0.05, 0.1) is 26.2 Å². The molecule has 4 aromatic carbocycles. The second-order valence-corrected chi connectivity index (χ2v) is 20.9. The highest BCUT2D eigenvalue weighted by Crippen LogP contribution is 2.48. The van der Waals surface area contributed by atoms with Gasteiger partial charge >= 0.3 is 6.09 Å². The number of aryl methyl sites for hydroxylation is 1. The lowest BCUT2D eigenvalue weighted by Gasteiger charge is -2.50. The van der Waals surface area contributed by atoms with Crippen LogP contribution in [0.1, 0.15) is 87.9 Å². The SMILES string of the molecule is COc1c(CN2O[C@@H](CO)C(C(C)OC(=O)NCCCCc3ccccc3)[C@H]2C(=O)N[C@H]2C[C@@H](C)C(C)(C)[C@@H](C)[C@@H]2C)cccc1-c1cc(C(=O)N[C@@H](Cc2ccccc2)CN(C)C)cc(N(C)C)c1. The second-order valence-electron chi connectivity index (χ2n) is 20.9. The summed E-state index contributed by atoms with van der Waals surface area (Å²) in [6, 6.07) is 30.9. The van der Waals surface area contributed by atoms with E-state index in [0.29, 0.717) is 42.7 Å². The van der Waals surface area contributed by atoms with Gasteiger partial charge in [0.2, 0.25) is 5.91 Å². The maximum atomic E-state index is 15.0. The Kier molecular flexibility index (Phi) is 18.9. The molecule has 0 aromatic heterocycles. The predicted octanol–water partition coefficient (Wildman–Crippen LogP) is 8.38. The number of hydrogen-bond donors (Lipinski definition) is 4. The monoisotopic (exact) mass is 961 g/mol. The number of rotatable bonds is 21. The van der Waals surface area contributed by atoms with Crippen molar-refractivity contribution < 1.29 is 33.8 Å². The summed E-state index contributed by atoms with van der Waals surface area (Å²) >= 11 is 0.